The number of allylic oxidation sites excluding steroid dienone is 1. The van der Waals surface area contributed by atoms with Crippen molar-refractivity contribution < 1.29 is 48.0 Å². The van der Waals surface area contributed by atoms with Crippen LogP contribution in [0.3, 0.4) is 0 Å². The summed E-state index contributed by atoms with van der Waals surface area (Å²) in [6.07, 6.45) is 3.82. The minimum atomic E-state index is -2.19. The normalized spacial score (nSPS) is 64.1. The monoisotopic (exact) mass is 526 g/mol. The highest BCUT2D eigenvalue weighted by atomic mass is 16.8. The number of epoxide rings is 1. The SMILES string of the molecule is CC12OC(=O)[C@@]3(O)CCC4C(C[C@H]5O[C@]56CC=CC(=O)[C@]46C)C45OC[C@H]6C(=O)O[C@H]1C[C@@]6(C)[C@H](C4=O)C23O5. The van der Waals surface area contributed by atoms with Crippen LogP contribution < -0.4 is 0 Å². The third-order valence-corrected chi connectivity index (χ3v) is 12.9. The summed E-state index contributed by atoms with van der Waals surface area (Å²) in [6.45, 7) is 5.27. The fourth-order valence-corrected chi connectivity index (χ4v) is 10.9. The molecule has 10 heteroatoms. The Morgan fingerprint density at radius 2 is 1.84 bits per heavy atom. The Labute approximate surface area is 218 Å². The summed E-state index contributed by atoms with van der Waals surface area (Å²) >= 11 is 0. The molecule has 0 aromatic carbocycles. The summed E-state index contributed by atoms with van der Waals surface area (Å²) in [4.78, 5) is 55.6. The number of rotatable bonds is 0. The fourth-order valence-electron chi connectivity index (χ4n) is 10.9. The van der Waals surface area contributed by atoms with Crippen molar-refractivity contribution in [3.8, 4) is 0 Å². The zero-order valence-corrected chi connectivity index (χ0v) is 21.5. The molecular formula is C28H30O10. The molecule has 9 rings (SSSR count). The number of carbonyl (C=O) groups excluding carboxylic acids is 4. The van der Waals surface area contributed by atoms with Crippen LogP contribution in [-0.4, -0.2) is 75.6 Å². The molecule has 8 fully saturated rings. The number of hydrogen-bond acceptors (Lipinski definition) is 10. The largest absolute Gasteiger partial charge is 0.458 e. The first kappa shape index (κ1) is 22.7. The molecule has 9 aliphatic rings. The summed E-state index contributed by atoms with van der Waals surface area (Å²) < 4.78 is 31.5. The van der Waals surface area contributed by atoms with E-state index in [9.17, 15) is 24.3 Å². The number of carbonyl (C=O) groups is 4. The minimum Gasteiger partial charge on any atom is -0.458 e. The number of ether oxygens (including phenoxy) is 5. The van der Waals surface area contributed by atoms with E-state index >= 15 is 0 Å². The molecule has 3 aliphatic carbocycles. The average molecular weight is 527 g/mol. The lowest BCUT2D eigenvalue weighted by Crippen LogP contribution is -2.79. The Balaban J connectivity index is 1.34. The summed E-state index contributed by atoms with van der Waals surface area (Å²) in [5.74, 6) is -6.56. The van der Waals surface area contributed by atoms with Gasteiger partial charge in [-0.3, -0.25) is 14.4 Å². The topological polar surface area (TPSA) is 138 Å². The maximum absolute atomic E-state index is 14.9. The van der Waals surface area contributed by atoms with Crippen molar-refractivity contribution >= 4 is 23.5 Å². The van der Waals surface area contributed by atoms with E-state index in [1.165, 1.54) is 0 Å². The van der Waals surface area contributed by atoms with Crippen molar-refractivity contribution in [2.24, 2.45) is 34.5 Å². The molecule has 5 bridgehead atoms. The van der Waals surface area contributed by atoms with Crippen LogP contribution in [0.25, 0.3) is 0 Å². The molecular weight excluding hydrogens is 496 g/mol. The second-order valence-electron chi connectivity index (χ2n) is 13.8. The van der Waals surface area contributed by atoms with Crippen molar-refractivity contribution in [3.05, 3.63) is 12.2 Å². The lowest BCUT2D eigenvalue weighted by Gasteiger charge is -2.63. The zero-order chi connectivity index (χ0) is 26.5. The molecule has 6 saturated heterocycles. The number of aliphatic hydroxyl groups is 1. The first-order valence-corrected chi connectivity index (χ1v) is 13.8. The van der Waals surface area contributed by atoms with Gasteiger partial charge in [0, 0.05) is 5.92 Å². The summed E-state index contributed by atoms with van der Waals surface area (Å²) in [7, 11) is 0. The number of hydrogen-bond donors (Lipinski definition) is 1. The van der Waals surface area contributed by atoms with E-state index in [4.69, 9.17) is 23.7 Å². The van der Waals surface area contributed by atoms with E-state index in [1.807, 2.05) is 19.9 Å². The van der Waals surface area contributed by atoms with Crippen LogP contribution in [0.1, 0.15) is 52.9 Å². The van der Waals surface area contributed by atoms with E-state index < -0.39 is 80.7 Å². The van der Waals surface area contributed by atoms with E-state index in [1.54, 1.807) is 13.0 Å². The number of fused-ring (bicyclic) bond motifs is 4. The average Bonchev–Trinajstić information content (AvgIpc) is 3.45. The highest BCUT2D eigenvalue weighted by Gasteiger charge is 2.94. The van der Waals surface area contributed by atoms with E-state index in [2.05, 4.69) is 0 Å². The Hall–Kier alpha value is -2.14. The molecule has 0 aromatic heterocycles. The van der Waals surface area contributed by atoms with Gasteiger partial charge in [-0.25, -0.2) is 4.79 Å². The first-order chi connectivity index (χ1) is 17.9. The molecule has 202 valence electrons. The number of esters is 2. The van der Waals surface area contributed by atoms with Crippen LogP contribution in [0.15, 0.2) is 12.2 Å². The van der Waals surface area contributed by atoms with E-state index in [0.29, 0.717) is 12.8 Å². The Kier molecular flexibility index (Phi) is 3.47. The Morgan fingerprint density at radius 1 is 1.05 bits per heavy atom. The zero-order valence-electron chi connectivity index (χ0n) is 21.5. The van der Waals surface area contributed by atoms with Crippen molar-refractivity contribution in [3.63, 3.8) is 0 Å². The van der Waals surface area contributed by atoms with Crippen molar-refractivity contribution in [1.29, 1.82) is 0 Å². The third-order valence-electron chi connectivity index (χ3n) is 12.9. The lowest BCUT2D eigenvalue weighted by atomic mass is 9.46. The van der Waals surface area contributed by atoms with Gasteiger partial charge in [0.05, 0.1) is 30.0 Å². The maximum Gasteiger partial charge on any atom is 0.342 e. The van der Waals surface area contributed by atoms with Gasteiger partial charge < -0.3 is 28.8 Å². The van der Waals surface area contributed by atoms with Gasteiger partial charge in [0.1, 0.15) is 11.7 Å². The summed E-state index contributed by atoms with van der Waals surface area (Å²) in [6, 6.07) is 0. The highest BCUT2D eigenvalue weighted by Crippen LogP contribution is 2.77. The van der Waals surface area contributed by atoms with Crippen LogP contribution in [0, 0.1) is 34.5 Å². The second kappa shape index (κ2) is 5.82. The molecule has 5 unspecified atom stereocenters. The number of ketones is 2. The molecule has 13 atom stereocenters. The molecule has 0 aromatic rings. The number of Topliss-reactive ketones (excluding diaryl/α,β-unsaturated/α-hetero) is 1. The van der Waals surface area contributed by atoms with Gasteiger partial charge in [-0.05, 0) is 63.4 Å². The van der Waals surface area contributed by atoms with Gasteiger partial charge in [-0.2, -0.15) is 0 Å². The van der Waals surface area contributed by atoms with E-state index in [0.717, 1.165) is 0 Å². The molecule has 38 heavy (non-hydrogen) atoms. The molecule has 6 heterocycles. The van der Waals surface area contributed by atoms with E-state index in [-0.39, 0.29) is 43.5 Å². The van der Waals surface area contributed by atoms with Crippen molar-refractivity contribution in [2.45, 2.75) is 93.3 Å². The Morgan fingerprint density at radius 3 is 2.63 bits per heavy atom. The van der Waals surface area contributed by atoms with Crippen LogP contribution in [-0.2, 0) is 42.9 Å². The fraction of sp³-hybridized carbons (Fsp3) is 0.786. The van der Waals surface area contributed by atoms with Gasteiger partial charge in [0.25, 0.3) is 0 Å². The summed E-state index contributed by atoms with van der Waals surface area (Å²) in [5, 5.41) is 12.4. The molecule has 3 spiro atoms. The molecule has 2 saturated carbocycles. The lowest BCUT2D eigenvalue weighted by molar-refractivity contribution is -0.375. The molecule has 1 N–H and O–H groups in total. The van der Waals surface area contributed by atoms with Gasteiger partial charge >= 0.3 is 11.9 Å². The maximum atomic E-state index is 14.9. The molecule has 0 radical (unpaired) electrons. The molecule has 10 nitrogen and oxygen atoms in total. The first-order valence-electron chi connectivity index (χ1n) is 13.8. The smallest absolute Gasteiger partial charge is 0.342 e. The van der Waals surface area contributed by atoms with Gasteiger partial charge in [-0.1, -0.05) is 13.0 Å². The predicted molar refractivity (Wildman–Crippen MR) is 122 cm³/mol. The predicted octanol–water partition coefficient (Wildman–Crippen LogP) is 0.768. The highest BCUT2D eigenvalue weighted by molar-refractivity contribution is 6.00. The minimum absolute atomic E-state index is 0.0583. The van der Waals surface area contributed by atoms with Crippen molar-refractivity contribution in [1.82, 2.24) is 0 Å². The van der Waals surface area contributed by atoms with Gasteiger partial charge in [0.15, 0.2) is 28.4 Å². The van der Waals surface area contributed by atoms with Crippen LogP contribution in [0.2, 0.25) is 0 Å². The van der Waals surface area contributed by atoms with Crippen LogP contribution >= 0.6 is 0 Å². The third kappa shape index (κ3) is 1.79. The summed E-state index contributed by atoms with van der Waals surface area (Å²) in [5.41, 5.74) is -8.23. The molecule has 0 amide bonds. The van der Waals surface area contributed by atoms with Crippen molar-refractivity contribution in [2.75, 3.05) is 6.61 Å². The van der Waals surface area contributed by atoms with Crippen LogP contribution in [0.4, 0.5) is 0 Å². The second-order valence-corrected chi connectivity index (χ2v) is 13.8. The quantitative estimate of drug-likeness (QED) is 0.356. The standard InChI is InChI=1S/C28H30O10/c1-22-10-17-24(3)28-18(22)19(30)27(38-28,34-11-14(22)20(31)35-17)13-9-16-26(36-16)7-4-5-15(29)23(26,2)12(13)6-8-25(28,33)21(32)37-24/h4-5,12-14,16-18,33H,6-11H2,1-3H3/t12?,13?,14-,16+,17-,18-,22+,23-,24?,25-,26+,27?,28?/m0/s1. The Bertz CT molecular complexity index is 1340. The molecule has 6 aliphatic heterocycles. The van der Waals surface area contributed by atoms with Gasteiger partial charge in [0.2, 0.25) is 5.79 Å². The van der Waals surface area contributed by atoms with Crippen LogP contribution in [0.5, 0.6) is 0 Å². The van der Waals surface area contributed by atoms with Gasteiger partial charge in [-0.15, -0.1) is 0 Å².